The Bertz CT molecular complexity index is 151. The number of hydrogen-bond donors (Lipinski definition) is 0. The van der Waals surface area contributed by atoms with Crippen LogP contribution in [-0.2, 0) is 4.52 Å². The van der Waals surface area contributed by atoms with E-state index in [4.69, 9.17) is 0 Å². The topological polar surface area (TPSA) is 21.6 Å². The number of nitrogens with zero attached hydrogens (tertiary/aromatic N) is 1. The van der Waals surface area contributed by atoms with Gasteiger partial charge in [-0.3, -0.25) is 0 Å². The van der Waals surface area contributed by atoms with Crippen LogP contribution in [0.5, 0.6) is 0 Å². The molecule has 0 aromatic carbocycles. The molecule has 11 heavy (non-hydrogen) atoms. The fourth-order valence-corrected chi connectivity index (χ4v) is 0.975. The fourth-order valence-electron chi connectivity index (χ4n) is 0.165. The summed E-state index contributed by atoms with van der Waals surface area (Å²) in [6, 6.07) is 0. The Labute approximate surface area is 59.3 Å². The van der Waals surface area contributed by atoms with Gasteiger partial charge in [0.15, 0.2) is 0 Å². The molecule has 0 amide bonds. The Hall–Kier alpha value is 0.200. The molecule has 0 aromatic rings. The minimum atomic E-state index is -5.25. The van der Waals surface area contributed by atoms with Crippen molar-refractivity contribution in [2.75, 3.05) is 0 Å². The number of alkyl halides is 3. The maximum Gasteiger partial charge on any atom is 0.529 e. The molecule has 0 aliphatic carbocycles. The summed E-state index contributed by atoms with van der Waals surface area (Å²) in [5.41, 5.74) is 0. The quantitative estimate of drug-likeness (QED) is 0.509. The number of halogens is 6. The first kappa shape index (κ1) is 11.2. The van der Waals surface area contributed by atoms with Gasteiger partial charge in [-0.25, -0.2) is 4.52 Å². The Morgan fingerprint density at radius 2 is 1.73 bits per heavy atom. The first-order chi connectivity index (χ1) is 4.81. The summed E-state index contributed by atoms with van der Waals surface area (Å²) < 4.78 is 71.3. The van der Waals surface area contributed by atoms with Crippen molar-refractivity contribution >= 4 is 16.9 Å². The summed E-state index contributed by atoms with van der Waals surface area (Å²) in [7, 11) is -8.26. The lowest BCUT2D eigenvalue weighted by Gasteiger charge is -2.05. The molecule has 0 rings (SSSR count). The van der Waals surface area contributed by atoms with Gasteiger partial charge < -0.3 is 0 Å². The van der Waals surface area contributed by atoms with Crippen LogP contribution in [0.1, 0.15) is 0 Å². The summed E-state index contributed by atoms with van der Waals surface area (Å²) in [5, 5.41) is 0. The van der Waals surface area contributed by atoms with Gasteiger partial charge in [-0.2, -0.15) is 17.1 Å². The normalized spacial score (nSPS) is 15.2. The molecule has 1 atom stereocenters. The molecule has 0 heterocycles. The summed E-state index contributed by atoms with van der Waals surface area (Å²) >= 11 is 0. The molecule has 0 bridgehead atoms. The largest absolute Gasteiger partial charge is 0.529 e. The molecule has 0 aromatic heterocycles. The maximum atomic E-state index is 11.7. The van der Waals surface area contributed by atoms with Crippen molar-refractivity contribution in [3.8, 4) is 0 Å². The Morgan fingerprint density at radius 1 is 1.27 bits per heavy atom. The molecule has 0 saturated heterocycles. The monoisotopic (exact) mass is 219 g/mol. The summed E-state index contributed by atoms with van der Waals surface area (Å²) in [6.07, 6.45) is -5.25. The maximum absolute atomic E-state index is 11.7. The van der Waals surface area contributed by atoms with Crippen LogP contribution in [0.2, 0.25) is 0 Å². The van der Waals surface area contributed by atoms with E-state index in [1.165, 1.54) is 0 Å². The molecule has 0 aliphatic heterocycles. The zero-order chi connectivity index (χ0) is 9.07. The highest BCUT2D eigenvalue weighted by Gasteiger charge is 2.35. The van der Waals surface area contributed by atoms with E-state index in [1.807, 2.05) is 0 Å². The van der Waals surface area contributed by atoms with Crippen LogP contribution < -0.4 is 0 Å². The van der Waals surface area contributed by atoms with Crippen molar-refractivity contribution in [3.63, 3.8) is 0 Å². The molecular weight excluding hydrogens is 218 g/mol. The van der Waals surface area contributed by atoms with E-state index in [0.717, 1.165) is 0 Å². The molecular formula is CHF6NOP2. The highest BCUT2D eigenvalue weighted by molar-refractivity contribution is 7.53. The molecule has 0 spiro atoms. The highest BCUT2D eigenvalue weighted by Crippen LogP contribution is 2.52. The molecule has 0 N–H and O–H groups in total. The first-order valence-corrected chi connectivity index (χ1v) is 4.23. The number of hydrogen-bond acceptors (Lipinski definition) is 2. The van der Waals surface area contributed by atoms with E-state index in [1.54, 1.807) is 4.52 Å². The standard InChI is InChI=1S/CHF6NOP2/c2-1(3,4)9-11(7)8-10(5)6/h10H. The van der Waals surface area contributed by atoms with Gasteiger partial charge in [0.05, 0.1) is 0 Å². The van der Waals surface area contributed by atoms with Crippen molar-refractivity contribution in [2.24, 2.45) is 4.52 Å². The summed E-state index contributed by atoms with van der Waals surface area (Å²) in [4.78, 5) is 0. The molecule has 10 heteroatoms. The van der Waals surface area contributed by atoms with Crippen LogP contribution in [0.3, 0.4) is 0 Å². The average Bonchev–Trinajstić information content (AvgIpc) is 1.53. The van der Waals surface area contributed by atoms with Gasteiger partial charge in [0.2, 0.25) is 0 Å². The lowest BCUT2D eigenvalue weighted by molar-refractivity contribution is -0.273. The van der Waals surface area contributed by atoms with E-state index in [0.29, 0.717) is 0 Å². The lowest BCUT2D eigenvalue weighted by Crippen LogP contribution is -2.07. The SMILES string of the molecule is FP(N=[PH](F)F)OC(F)(F)F. The zero-order valence-corrected chi connectivity index (χ0v) is 6.46. The van der Waals surface area contributed by atoms with Crippen LogP contribution in [0.15, 0.2) is 4.52 Å². The van der Waals surface area contributed by atoms with Crippen molar-refractivity contribution in [2.45, 2.75) is 6.36 Å². The third kappa shape index (κ3) is 8.10. The average molecular weight is 219 g/mol. The van der Waals surface area contributed by atoms with Crippen LogP contribution in [-0.4, -0.2) is 6.36 Å². The highest BCUT2D eigenvalue weighted by atomic mass is 31.2. The molecule has 2 nitrogen and oxygen atoms in total. The Balaban J connectivity index is 3.89. The second-order valence-electron chi connectivity index (χ2n) is 1.10. The molecule has 0 radical (unpaired) electrons. The second kappa shape index (κ2) is 4.28. The van der Waals surface area contributed by atoms with Crippen molar-refractivity contribution in [3.05, 3.63) is 0 Å². The first-order valence-electron chi connectivity index (χ1n) is 1.92. The van der Waals surface area contributed by atoms with Gasteiger partial charge >= 0.3 is 15.0 Å². The minimum absolute atomic E-state index is 1.79. The predicted molar refractivity (Wildman–Crippen MR) is 28.1 cm³/mol. The Kier molecular flexibility index (Phi) is 4.36. The molecule has 68 valence electrons. The van der Waals surface area contributed by atoms with Crippen LogP contribution in [0.4, 0.5) is 25.8 Å². The molecule has 1 unspecified atom stereocenters. The number of rotatable bonds is 2. The third-order valence-electron chi connectivity index (χ3n) is 0.333. The summed E-state index contributed by atoms with van der Waals surface area (Å²) in [5.74, 6) is 0. The smallest absolute Gasteiger partial charge is 0.217 e. The predicted octanol–water partition coefficient (Wildman–Crippen LogP) is 3.89. The van der Waals surface area contributed by atoms with Crippen molar-refractivity contribution in [1.29, 1.82) is 0 Å². The van der Waals surface area contributed by atoms with Crippen LogP contribution in [0.25, 0.3) is 0 Å². The van der Waals surface area contributed by atoms with Gasteiger partial charge in [-0.15, -0.1) is 13.2 Å². The zero-order valence-electron chi connectivity index (χ0n) is 4.57. The third-order valence-corrected chi connectivity index (χ3v) is 1.92. The lowest BCUT2D eigenvalue weighted by atomic mass is 11.4. The van der Waals surface area contributed by atoms with Gasteiger partial charge in [0, 0.05) is 0 Å². The van der Waals surface area contributed by atoms with E-state index < -0.39 is 23.3 Å². The molecule has 0 aliphatic rings. The van der Waals surface area contributed by atoms with Gasteiger partial charge in [0.1, 0.15) is 0 Å². The molecule has 0 saturated carbocycles. The van der Waals surface area contributed by atoms with Crippen LogP contribution in [0, 0.1) is 0 Å². The fraction of sp³-hybridized carbons (Fsp3) is 1.00. The minimum Gasteiger partial charge on any atom is -0.217 e. The molecule has 0 fully saturated rings. The van der Waals surface area contributed by atoms with E-state index >= 15 is 0 Å². The van der Waals surface area contributed by atoms with Gasteiger partial charge in [0.25, 0.3) is 8.33 Å². The van der Waals surface area contributed by atoms with Crippen molar-refractivity contribution in [1.82, 2.24) is 0 Å². The van der Waals surface area contributed by atoms with Gasteiger partial charge in [-0.05, 0) is 0 Å². The van der Waals surface area contributed by atoms with E-state index in [2.05, 4.69) is 4.52 Å². The van der Waals surface area contributed by atoms with E-state index in [9.17, 15) is 25.8 Å². The second-order valence-corrected chi connectivity index (χ2v) is 3.02. The Morgan fingerprint density at radius 3 is 2.00 bits per heavy atom. The summed E-state index contributed by atoms with van der Waals surface area (Å²) in [6.45, 7) is 0. The van der Waals surface area contributed by atoms with Crippen LogP contribution >= 0.6 is 16.9 Å². The van der Waals surface area contributed by atoms with Gasteiger partial charge in [-0.1, -0.05) is 0 Å². The van der Waals surface area contributed by atoms with Crippen molar-refractivity contribution < 1.29 is 30.3 Å². The van der Waals surface area contributed by atoms with E-state index in [-0.39, 0.29) is 0 Å².